The van der Waals surface area contributed by atoms with Crippen LogP contribution in [0.3, 0.4) is 0 Å². The Morgan fingerprint density at radius 2 is 1.77 bits per heavy atom. The molecule has 7 heteroatoms. The number of piperazine rings is 1. The van der Waals surface area contributed by atoms with Crippen molar-refractivity contribution in [2.75, 3.05) is 63.7 Å². The highest BCUT2D eigenvalue weighted by Crippen LogP contribution is 2.20. The second kappa shape index (κ2) is 9.24. The normalized spacial score (nSPS) is 14.9. The summed E-state index contributed by atoms with van der Waals surface area (Å²) in [6.45, 7) is 6.21. The van der Waals surface area contributed by atoms with Crippen molar-refractivity contribution in [2.45, 2.75) is 6.42 Å². The lowest BCUT2D eigenvalue weighted by atomic mass is 10.2. The summed E-state index contributed by atoms with van der Waals surface area (Å²) in [7, 11) is 3.31. The van der Waals surface area contributed by atoms with E-state index < -0.39 is 0 Å². The first kappa shape index (κ1) is 18.3. The number of nitrogens with one attached hydrogen (secondary N) is 1. The molecular formula is C19H27N5O2. The molecule has 2 aromatic rings. The maximum atomic E-state index is 5.22. The van der Waals surface area contributed by atoms with Gasteiger partial charge in [0.1, 0.15) is 5.75 Å². The van der Waals surface area contributed by atoms with Crippen LogP contribution in [0.4, 0.5) is 11.6 Å². The molecule has 1 saturated heterocycles. The summed E-state index contributed by atoms with van der Waals surface area (Å²) in [5, 5.41) is 3.25. The fourth-order valence-electron chi connectivity index (χ4n) is 3.07. The minimum atomic E-state index is 0.581. The van der Waals surface area contributed by atoms with E-state index in [-0.39, 0.29) is 0 Å². The highest BCUT2D eigenvalue weighted by atomic mass is 16.5. The van der Waals surface area contributed by atoms with E-state index >= 15 is 0 Å². The zero-order chi connectivity index (χ0) is 18.2. The van der Waals surface area contributed by atoms with Crippen molar-refractivity contribution >= 4 is 11.6 Å². The van der Waals surface area contributed by atoms with Crippen molar-refractivity contribution < 1.29 is 9.47 Å². The third-order valence-electron chi connectivity index (χ3n) is 4.58. The first-order valence-corrected chi connectivity index (χ1v) is 9.01. The lowest BCUT2D eigenvalue weighted by Gasteiger charge is -2.36. The Morgan fingerprint density at radius 3 is 2.46 bits per heavy atom. The van der Waals surface area contributed by atoms with Crippen LogP contribution < -0.4 is 19.7 Å². The van der Waals surface area contributed by atoms with Gasteiger partial charge in [-0.3, -0.25) is 4.90 Å². The van der Waals surface area contributed by atoms with E-state index in [0.29, 0.717) is 11.8 Å². The van der Waals surface area contributed by atoms with E-state index in [4.69, 9.17) is 9.47 Å². The van der Waals surface area contributed by atoms with Gasteiger partial charge in [0.25, 0.3) is 0 Å². The third-order valence-corrected chi connectivity index (χ3v) is 4.58. The van der Waals surface area contributed by atoms with Gasteiger partial charge in [-0.1, -0.05) is 0 Å². The van der Waals surface area contributed by atoms with E-state index in [2.05, 4.69) is 37.2 Å². The molecule has 0 aliphatic carbocycles. The van der Waals surface area contributed by atoms with Crippen molar-refractivity contribution in [3.63, 3.8) is 0 Å². The maximum absolute atomic E-state index is 5.22. The molecule has 1 aliphatic rings. The topological polar surface area (TPSA) is 62.8 Å². The smallest absolute Gasteiger partial charge is 0.225 e. The maximum Gasteiger partial charge on any atom is 0.225 e. The molecule has 26 heavy (non-hydrogen) atoms. The summed E-state index contributed by atoms with van der Waals surface area (Å²) in [6, 6.07) is 10.1. The number of hydrogen-bond donors (Lipinski definition) is 1. The lowest BCUT2D eigenvalue weighted by molar-refractivity contribution is 0.257. The molecule has 0 unspecified atom stereocenters. The van der Waals surface area contributed by atoms with Gasteiger partial charge in [-0.15, -0.1) is 0 Å². The van der Waals surface area contributed by atoms with Crippen molar-refractivity contribution in [3.05, 3.63) is 36.5 Å². The molecule has 0 bridgehead atoms. The number of nitrogens with zero attached hydrogens (tertiary/aromatic N) is 4. The molecule has 0 saturated carbocycles. The van der Waals surface area contributed by atoms with Gasteiger partial charge < -0.3 is 19.7 Å². The van der Waals surface area contributed by atoms with Gasteiger partial charge >= 0.3 is 0 Å². The first-order valence-electron chi connectivity index (χ1n) is 9.01. The number of methoxy groups -OCH3 is 2. The third kappa shape index (κ3) is 4.98. The molecule has 0 spiro atoms. The molecule has 1 N–H and O–H groups in total. The zero-order valence-electron chi connectivity index (χ0n) is 15.5. The van der Waals surface area contributed by atoms with E-state index in [1.807, 2.05) is 12.1 Å². The van der Waals surface area contributed by atoms with Crippen LogP contribution in [0.5, 0.6) is 11.6 Å². The Hall–Kier alpha value is -2.54. The number of rotatable bonds is 8. The largest absolute Gasteiger partial charge is 0.497 e. The van der Waals surface area contributed by atoms with Crippen molar-refractivity contribution in [3.8, 4) is 11.6 Å². The van der Waals surface area contributed by atoms with Crippen molar-refractivity contribution in [2.24, 2.45) is 0 Å². The average Bonchev–Trinajstić information content (AvgIpc) is 2.72. The van der Waals surface area contributed by atoms with Crippen LogP contribution in [0.2, 0.25) is 0 Å². The molecule has 1 aliphatic heterocycles. The number of ether oxygens (including phenoxy) is 2. The van der Waals surface area contributed by atoms with E-state index in [1.54, 1.807) is 26.5 Å². The standard InChI is InChI=1S/C19H27N5O2/c1-25-17-6-4-16(5-7-17)24-14-12-23(13-15-24)11-3-9-20-19-21-10-8-18(22-19)26-2/h4-8,10H,3,9,11-15H2,1-2H3,(H,20,21,22). The molecule has 1 aromatic heterocycles. The second-order valence-electron chi connectivity index (χ2n) is 6.23. The predicted molar refractivity (Wildman–Crippen MR) is 103 cm³/mol. The van der Waals surface area contributed by atoms with Crippen LogP contribution in [0.15, 0.2) is 36.5 Å². The van der Waals surface area contributed by atoms with Crippen LogP contribution in [0, 0.1) is 0 Å². The van der Waals surface area contributed by atoms with Gasteiger partial charge in [-0.25, -0.2) is 4.98 Å². The first-order chi connectivity index (χ1) is 12.8. The Kier molecular flexibility index (Phi) is 6.49. The fraction of sp³-hybridized carbons (Fsp3) is 0.474. The summed E-state index contributed by atoms with van der Waals surface area (Å²) in [5.74, 6) is 2.10. The monoisotopic (exact) mass is 357 g/mol. The summed E-state index contributed by atoms with van der Waals surface area (Å²) in [5.41, 5.74) is 1.27. The van der Waals surface area contributed by atoms with Crippen LogP contribution >= 0.6 is 0 Å². The quantitative estimate of drug-likeness (QED) is 0.726. The Labute approximate surface area is 155 Å². The van der Waals surface area contributed by atoms with Gasteiger partial charge in [0.15, 0.2) is 0 Å². The molecule has 7 nitrogen and oxygen atoms in total. The number of anilines is 2. The minimum Gasteiger partial charge on any atom is -0.497 e. The lowest BCUT2D eigenvalue weighted by Crippen LogP contribution is -2.46. The molecule has 0 amide bonds. The second-order valence-corrected chi connectivity index (χ2v) is 6.23. The highest BCUT2D eigenvalue weighted by Gasteiger charge is 2.16. The van der Waals surface area contributed by atoms with Crippen LogP contribution in [-0.2, 0) is 0 Å². The van der Waals surface area contributed by atoms with E-state index in [0.717, 1.165) is 51.4 Å². The van der Waals surface area contributed by atoms with Gasteiger partial charge in [0, 0.05) is 50.7 Å². The summed E-state index contributed by atoms with van der Waals surface area (Å²) in [6.07, 6.45) is 2.76. The Morgan fingerprint density at radius 1 is 1.00 bits per heavy atom. The van der Waals surface area contributed by atoms with Gasteiger partial charge in [0.2, 0.25) is 11.8 Å². The fourth-order valence-corrected chi connectivity index (χ4v) is 3.07. The average molecular weight is 357 g/mol. The predicted octanol–water partition coefficient (Wildman–Crippen LogP) is 2.12. The summed E-state index contributed by atoms with van der Waals surface area (Å²) >= 11 is 0. The molecule has 3 rings (SSSR count). The summed E-state index contributed by atoms with van der Waals surface area (Å²) < 4.78 is 10.3. The van der Waals surface area contributed by atoms with Crippen molar-refractivity contribution in [1.29, 1.82) is 0 Å². The van der Waals surface area contributed by atoms with E-state index in [9.17, 15) is 0 Å². The van der Waals surface area contributed by atoms with Crippen LogP contribution in [0.25, 0.3) is 0 Å². The highest BCUT2D eigenvalue weighted by molar-refractivity contribution is 5.49. The Bertz CT molecular complexity index is 672. The Balaban J connectivity index is 1.36. The molecule has 2 heterocycles. The SMILES string of the molecule is COc1ccc(N2CCN(CCCNc3nccc(OC)n3)CC2)cc1. The zero-order valence-corrected chi connectivity index (χ0v) is 15.5. The van der Waals surface area contributed by atoms with E-state index in [1.165, 1.54) is 5.69 Å². The van der Waals surface area contributed by atoms with Gasteiger partial charge in [-0.2, -0.15) is 4.98 Å². The van der Waals surface area contributed by atoms with Gasteiger partial charge in [-0.05, 0) is 37.2 Å². The van der Waals surface area contributed by atoms with Crippen LogP contribution in [0.1, 0.15) is 6.42 Å². The number of aromatic nitrogens is 2. The minimum absolute atomic E-state index is 0.581. The molecule has 1 aromatic carbocycles. The molecular weight excluding hydrogens is 330 g/mol. The summed E-state index contributed by atoms with van der Waals surface area (Å²) in [4.78, 5) is 13.4. The number of hydrogen-bond acceptors (Lipinski definition) is 7. The molecule has 1 fully saturated rings. The van der Waals surface area contributed by atoms with Crippen molar-refractivity contribution in [1.82, 2.24) is 14.9 Å². The molecule has 140 valence electrons. The van der Waals surface area contributed by atoms with Crippen LogP contribution in [-0.4, -0.2) is 68.4 Å². The molecule has 0 radical (unpaired) electrons. The number of benzene rings is 1. The molecule has 0 atom stereocenters. The van der Waals surface area contributed by atoms with Gasteiger partial charge in [0.05, 0.1) is 14.2 Å².